The van der Waals surface area contributed by atoms with Gasteiger partial charge in [-0.15, -0.1) is 10.2 Å². The summed E-state index contributed by atoms with van der Waals surface area (Å²) in [5.74, 6) is 0.670. The number of hydrogen-bond acceptors (Lipinski definition) is 6. The molecule has 2 heterocycles. The van der Waals surface area contributed by atoms with Crippen molar-refractivity contribution in [3.8, 4) is 17.5 Å². The third kappa shape index (κ3) is 3.84. The maximum atomic E-state index is 12.1. The second kappa shape index (κ2) is 7.59. The van der Waals surface area contributed by atoms with E-state index in [2.05, 4.69) is 26.6 Å². The fourth-order valence-corrected chi connectivity index (χ4v) is 2.91. The molecule has 0 bridgehead atoms. The number of pyridine rings is 1. The zero-order chi connectivity index (χ0) is 17.6. The molecule has 0 aliphatic heterocycles. The minimum Gasteiger partial charge on any atom is -0.324 e. The maximum absolute atomic E-state index is 12.1. The lowest BCUT2D eigenvalue weighted by atomic mass is 10.2. The van der Waals surface area contributed by atoms with E-state index in [0.717, 1.165) is 5.56 Å². The Kier molecular flexibility index (Phi) is 5.06. The molecule has 124 valence electrons. The Morgan fingerprint density at radius 1 is 1.24 bits per heavy atom. The number of nitriles is 1. The zero-order valence-corrected chi connectivity index (χ0v) is 14.2. The molecule has 25 heavy (non-hydrogen) atoms. The van der Waals surface area contributed by atoms with Crippen molar-refractivity contribution in [3.05, 3.63) is 54.4 Å². The van der Waals surface area contributed by atoms with Crippen molar-refractivity contribution in [2.45, 2.75) is 5.16 Å². The Morgan fingerprint density at radius 3 is 2.76 bits per heavy atom. The summed E-state index contributed by atoms with van der Waals surface area (Å²) in [6, 6.07) is 12.6. The van der Waals surface area contributed by atoms with Crippen molar-refractivity contribution < 1.29 is 4.79 Å². The van der Waals surface area contributed by atoms with Crippen LogP contribution in [0.4, 0.5) is 5.69 Å². The van der Waals surface area contributed by atoms with Gasteiger partial charge in [0.05, 0.1) is 17.0 Å². The molecule has 1 aromatic carbocycles. The van der Waals surface area contributed by atoms with Crippen LogP contribution in [0, 0.1) is 11.3 Å². The van der Waals surface area contributed by atoms with Gasteiger partial charge < -0.3 is 9.88 Å². The molecule has 1 amide bonds. The van der Waals surface area contributed by atoms with Crippen molar-refractivity contribution in [1.29, 1.82) is 5.26 Å². The first kappa shape index (κ1) is 16.7. The molecule has 3 rings (SSSR count). The van der Waals surface area contributed by atoms with E-state index in [1.807, 2.05) is 23.7 Å². The van der Waals surface area contributed by atoms with Gasteiger partial charge in [0.15, 0.2) is 11.0 Å². The van der Waals surface area contributed by atoms with Gasteiger partial charge in [0.25, 0.3) is 0 Å². The number of amides is 1. The van der Waals surface area contributed by atoms with Crippen LogP contribution in [0.2, 0.25) is 0 Å². The van der Waals surface area contributed by atoms with E-state index in [1.165, 1.54) is 11.8 Å². The summed E-state index contributed by atoms with van der Waals surface area (Å²) in [5.41, 5.74) is 1.84. The van der Waals surface area contributed by atoms with Crippen LogP contribution in [0.5, 0.6) is 0 Å². The van der Waals surface area contributed by atoms with Crippen molar-refractivity contribution in [1.82, 2.24) is 19.7 Å². The van der Waals surface area contributed by atoms with Gasteiger partial charge in [-0.3, -0.25) is 9.78 Å². The fourth-order valence-electron chi connectivity index (χ4n) is 2.20. The van der Waals surface area contributed by atoms with E-state index in [-0.39, 0.29) is 11.7 Å². The average Bonchev–Trinajstić information content (AvgIpc) is 3.02. The molecule has 0 atom stereocenters. The van der Waals surface area contributed by atoms with Gasteiger partial charge in [-0.05, 0) is 24.3 Å². The molecule has 0 unspecified atom stereocenters. The summed E-state index contributed by atoms with van der Waals surface area (Å²) in [6.45, 7) is 0. The predicted octanol–water partition coefficient (Wildman–Crippen LogP) is 2.48. The molecule has 0 aliphatic rings. The Morgan fingerprint density at radius 2 is 2.00 bits per heavy atom. The van der Waals surface area contributed by atoms with Crippen molar-refractivity contribution >= 4 is 23.4 Å². The van der Waals surface area contributed by atoms with Crippen LogP contribution < -0.4 is 5.32 Å². The molecule has 0 saturated heterocycles. The van der Waals surface area contributed by atoms with Gasteiger partial charge in [-0.25, -0.2) is 0 Å². The van der Waals surface area contributed by atoms with Crippen LogP contribution in [-0.2, 0) is 11.8 Å². The molecule has 0 spiro atoms. The monoisotopic (exact) mass is 350 g/mol. The van der Waals surface area contributed by atoms with E-state index < -0.39 is 0 Å². The van der Waals surface area contributed by atoms with E-state index in [4.69, 9.17) is 5.26 Å². The SMILES string of the molecule is Cn1c(SCC(=O)Nc2ccccc2C#N)nnc1-c1ccncc1. The van der Waals surface area contributed by atoms with Crippen LogP contribution >= 0.6 is 11.8 Å². The highest BCUT2D eigenvalue weighted by Gasteiger charge is 2.13. The first-order valence-electron chi connectivity index (χ1n) is 7.40. The van der Waals surface area contributed by atoms with Gasteiger partial charge in [-0.1, -0.05) is 23.9 Å². The van der Waals surface area contributed by atoms with Crippen LogP contribution in [0.15, 0.2) is 53.9 Å². The lowest BCUT2D eigenvalue weighted by Gasteiger charge is -2.06. The smallest absolute Gasteiger partial charge is 0.234 e. The van der Waals surface area contributed by atoms with E-state index in [0.29, 0.717) is 22.2 Å². The highest BCUT2D eigenvalue weighted by Crippen LogP contribution is 2.22. The Bertz CT molecular complexity index is 932. The number of benzene rings is 1. The van der Waals surface area contributed by atoms with Gasteiger partial charge in [-0.2, -0.15) is 5.26 Å². The van der Waals surface area contributed by atoms with Gasteiger partial charge in [0, 0.05) is 25.0 Å². The largest absolute Gasteiger partial charge is 0.324 e. The molecule has 7 nitrogen and oxygen atoms in total. The molecule has 2 aromatic heterocycles. The fraction of sp³-hybridized carbons (Fsp3) is 0.118. The first-order valence-corrected chi connectivity index (χ1v) is 8.39. The lowest BCUT2D eigenvalue weighted by molar-refractivity contribution is -0.113. The third-order valence-electron chi connectivity index (χ3n) is 3.43. The van der Waals surface area contributed by atoms with Gasteiger partial charge >= 0.3 is 0 Å². The van der Waals surface area contributed by atoms with Crippen molar-refractivity contribution in [2.24, 2.45) is 7.05 Å². The number of carbonyl (C=O) groups is 1. The Balaban J connectivity index is 1.65. The molecule has 0 radical (unpaired) electrons. The molecule has 0 fully saturated rings. The Hall–Kier alpha value is -3.18. The second-order valence-corrected chi connectivity index (χ2v) is 6.04. The van der Waals surface area contributed by atoms with E-state index >= 15 is 0 Å². The van der Waals surface area contributed by atoms with Crippen molar-refractivity contribution in [3.63, 3.8) is 0 Å². The topological polar surface area (TPSA) is 96.5 Å². The normalized spacial score (nSPS) is 10.2. The van der Waals surface area contributed by atoms with Crippen molar-refractivity contribution in [2.75, 3.05) is 11.1 Å². The summed E-state index contributed by atoms with van der Waals surface area (Å²) in [4.78, 5) is 16.1. The summed E-state index contributed by atoms with van der Waals surface area (Å²) in [6.07, 6.45) is 3.38. The number of carbonyl (C=O) groups excluding carboxylic acids is 1. The second-order valence-electron chi connectivity index (χ2n) is 5.10. The zero-order valence-electron chi connectivity index (χ0n) is 13.4. The molecular weight excluding hydrogens is 336 g/mol. The van der Waals surface area contributed by atoms with Crippen LogP contribution in [0.25, 0.3) is 11.4 Å². The molecule has 3 aromatic rings. The Labute approximate surface area is 148 Å². The summed E-state index contributed by atoms with van der Waals surface area (Å²) < 4.78 is 1.83. The standard InChI is InChI=1S/C17H14N6OS/c1-23-16(12-6-8-19-9-7-12)21-22-17(23)25-11-15(24)20-14-5-3-2-4-13(14)10-18/h2-9H,11H2,1H3,(H,20,24). The molecular formula is C17H14N6OS. The summed E-state index contributed by atoms with van der Waals surface area (Å²) >= 11 is 1.28. The summed E-state index contributed by atoms with van der Waals surface area (Å²) in [5, 5.41) is 20.7. The third-order valence-corrected chi connectivity index (χ3v) is 4.45. The van der Waals surface area contributed by atoms with Crippen LogP contribution in [0.1, 0.15) is 5.56 Å². The van der Waals surface area contributed by atoms with Crippen LogP contribution in [0.3, 0.4) is 0 Å². The number of thioether (sulfide) groups is 1. The molecule has 0 saturated carbocycles. The first-order chi connectivity index (χ1) is 12.2. The summed E-state index contributed by atoms with van der Waals surface area (Å²) in [7, 11) is 1.85. The van der Waals surface area contributed by atoms with Crippen LogP contribution in [-0.4, -0.2) is 31.4 Å². The number of anilines is 1. The lowest BCUT2D eigenvalue weighted by Crippen LogP contribution is -2.15. The molecule has 8 heteroatoms. The quantitative estimate of drug-likeness (QED) is 0.710. The average molecular weight is 350 g/mol. The predicted molar refractivity (Wildman–Crippen MR) is 94.7 cm³/mol. The molecule has 0 aliphatic carbocycles. The number of rotatable bonds is 5. The maximum Gasteiger partial charge on any atom is 0.234 e. The highest BCUT2D eigenvalue weighted by molar-refractivity contribution is 7.99. The number of nitrogens with zero attached hydrogens (tertiary/aromatic N) is 5. The minimum atomic E-state index is -0.207. The molecule has 1 N–H and O–H groups in total. The van der Waals surface area contributed by atoms with Gasteiger partial charge in [0.1, 0.15) is 6.07 Å². The number of para-hydroxylation sites is 1. The number of hydrogen-bond donors (Lipinski definition) is 1. The van der Waals surface area contributed by atoms with E-state index in [9.17, 15) is 4.79 Å². The van der Waals surface area contributed by atoms with E-state index in [1.54, 1.807) is 36.7 Å². The number of nitrogens with one attached hydrogen (secondary N) is 1. The van der Waals surface area contributed by atoms with Gasteiger partial charge in [0.2, 0.25) is 5.91 Å². The number of aromatic nitrogens is 4. The highest BCUT2D eigenvalue weighted by atomic mass is 32.2. The minimum absolute atomic E-state index is 0.169.